The molecule has 0 aliphatic heterocycles. The summed E-state index contributed by atoms with van der Waals surface area (Å²) >= 11 is 0. The Balaban J connectivity index is 0. The molecule has 0 aliphatic rings. The van der Waals surface area contributed by atoms with Crippen molar-refractivity contribution in [3.63, 3.8) is 0 Å². The summed E-state index contributed by atoms with van der Waals surface area (Å²) in [6, 6.07) is 0. The quantitative estimate of drug-likeness (QED) is 0.263. The van der Waals surface area contributed by atoms with Crippen molar-refractivity contribution >= 4 is 0 Å². The molecular weight excluding hydrogens is 73.0 g/mol. The predicted molar refractivity (Wildman–Crippen MR) is 19.3 cm³/mol. The first kappa shape index (κ1) is 9.35. The Hall–Kier alpha value is 0.960. The van der Waals surface area contributed by atoms with E-state index in [1.165, 1.54) is 0 Å². The molecule has 5 heavy (non-hydrogen) atoms. The van der Waals surface area contributed by atoms with Gasteiger partial charge in [0.25, 0.3) is 0 Å². The first-order chi connectivity index (χ1) is 1.91. The molecule has 26 valence electrons. The molecule has 0 aliphatic carbocycles. The molecule has 0 spiro atoms. The van der Waals surface area contributed by atoms with Crippen molar-refractivity contribution in [2.24, 2.45) is 0 Å². The molecule has 0 saturated heterocycles. The molecule has 0 rings (SSSR count). The van der Waals surface area contributed by atoms with Crippen LogP contribution in [-0.2, 0) is 0 Å². The van der Waals surface area contributed by atoms with Crippen LogP contribution in [0.5, 0.6) is 0 Å². The second-order valence-electron chi connectivity index (χ2n) is 0.604. The van der Waals surface area contributed by atoms with Crippen molar-refractivity contribution in [3.8, 4) is 0 Å². The third-order valence-electron chi connectivity index (χ3n) is 0.250. The molecule has 0 aromatic carbocycles. The van der Waals surface area contributed by atoms with Gasteiger partial charge in [-0.05, 0) is 7.05 Å². The molecule has 0 aromatic heterocycles. The summed E-state index contributed by atoms with van der Waals surface area (Å²) in [5.41, 5.74) is 0. The van der Waals surface area contributed by atoms with E-state index in [1.54, 1.807) is 0 Å². The summed E-state index contributed by atoms with van der Waals surface area (Å²) in [7, 11) is 1.87. The van der Waals surface area contributed by atoms with Crippen molar-refractivity contribution in [1.29, 1.82) is 0 Å². The van der Waals surface area contributed by atoms with Crippen LogP contribution in [0.25, 0.3) is 0 Å². The summed E-state index contributed by atoms with van der Waals surface area (Å²) in [5.74, 6) is 0. The molecule has 1 N–H and O–H groups in total. The van der Waals surface area contributed by atoms with Gasteiger partial charge < -0.3 is 12.2 Å². The fourth-order valence-electron chi connectivity index (χ4n) is 0. The van der Waals surface area contributed by atoms with Crippen molar-refractivity contribution in [1.82, 2.24) is 5.32 Å². The first-order valence-corrected chi connectivity index (χ1v) is 1.35. The van der Waals surface area contributed by atoms with E-state index >= 15 is 0 Å². The molecular formula is C3H8NNa. The molecule has 0 aromatic rings. The Morgan fingerprint density at radius 1 is 1.80 bits per heavy atom. The number of hydrogen-bond donors (Lipinski definition) is 1. The summed E-state index contributed by atoms with van der Waals surface area (Å²) in [4.78, 5) is 0. The van der Waals surface area contributed by atoms with Crippen LogP contribution in [-0.4, -0.2) is 13.6 Å². The van der Waals surface area contributed by atoms with Crippen LogP contribution in [0.15, 0.2) is 0 Å². The Morgan fingerprint density at radius 2 is 2.00 bits per heavy atom. The smallest absolute Gasteiger partial charge is 0.349 e. The Bertz CT molecular complexity index is 8.85. The van der Waals surface area contributed by atoms with Gasteiger partial charge >= 0.3 is 29.6 Å². The molecule has 0 bridgehead atoms. The number of nitrogens with one attached hydrogen (secondary N) is 1. The maximum absolute atomic E-state index is 3.49. The molecule has 0 atom stereocenters. The molecule has 2 heteroatoms. The van der Waals surface area contributed by atoms with Gasteiger partial charge in [-0.3, -0.25) is 0 Å². The van der Waals surface area contributed by atoms with Gasteiger partial charge in [0.15, 0.2) is 0 Å². The molecule has 0 radical (unpaired) electrons. The van der Waals surface area contributed by atoms with E-state index in [-0.39, 0.29) is 29.6 Å². The number of rotatable bonds is 1. The van der Waals surface area contributed by atoms with Gasteiger partial charge in [-0.15, -0.1) is 6.54 Å². The van der Waals surface area contributed by atoms with Gasteiger partial charge in [0.2, 0.25) is 0 Å². The second-order valence-corrected chi connectivity index (χ2v) is 0.604. The zero-order valence-electron chi connectivity index (χ0n) is 3.91. The van der Waals surface area contributed by atoms with E-state index in [1.807, 2.05) is 7.05 Å². The van der Waals surface area contributed by atoms with Gasteiger partial charge in [0, 0.05) is 0 Å². The maximum atomic E-state index is 3.49. The van der Waals surface area contributed by atoms with E-state index in [4.69, 9.17) is 0 Å². The predicted octanol–water partition coefficient (Wildman–Crippen LogP) is -2.96. The minimum absolute atomic E-state index is 0. The molecule has 0 saturated carbocycles. The van der Waals surface area contributed by atoms with Crippen molar-refractivity contribution in [2.75, 3.05) is 13.6 Å². The summed E-state index contributed by atoms with van der Waals surface area (Å²) in [6.45, 7) is 4.31. The third-order valence-corrected chi connectivity index (χ3v) is 0.250. The van der Waals surface area contributed by atoms with Gasteiger partial charge in [-0.2, -0.15) is 0 Å². The largest absolute Gasteiger partial charge is 1.00 e. The fourth-order valence-corrected chi connectivity index (χ4v) is 0. The average Bonchev–Trinajstić information content (AvgIpc) is 1.37. The minimum Gasteiger partial charge on any atom is -0.349 e. The topological polar surface area (TPSA) is 12.0 Å². The Morgan fingerprint density at radius 3 is 2.00 bits per heavy atom. The van der Waals surface area contributed by atoms with Crippen molar-refractivity contribution < 1.29 is 29.6 Å². The van der Waals surface area contributed by atoms with E-state index < -0.39 is 0 Å². The normalized spacial score (nSPS) is 6.00. The van der Waals surface area contributed by atoms with E-state index in [2.05, 4.69) is 12.2 Å². The fraction of sp³-hybridized carbons (Fsp3) is 0.667. The second kappa shape index (κ2) is 8.88. The van der Waals surface area contributed by atoms with Crippen LogP contribution in [0, 0.1) is 6.92 Å². The van der Waals surface area contributed by atoms with E-state index in [0.717, 1.165) is 6.54 Å². The van der Waals surface area contributed by atoms with Gasteiger partial charge in [0.1, 0.15) is 0 Å². The van der Waals surface area contributed by atoms with Crippen LogP contribution in [0.2, 0.25) is 0 Å². The van der Waals surface area contributed by atoms with Crippen LogP contribution in [0.4, 0.5) is 0 Å². The monoisotopic (exact) mass is 81.1 g/mol. The van der Waals surface area contributed by atoms with Gasteiger partial charge in [-0.25, -0.2) is 0 Å². The third kappa shape index (κ3) is 11.3. The molecule has 0 fully saturated rings. The summed E-state index contributed by atoms with van der Waals surface area (Å²) in [5, 5.41) is 2.82. The minimum atomic E-state index is 0. The molecule has 0 unspecified atom stereocenters. The van der Waals surface area contributed by atoms with Gasteiger partial charge in [-0.1, -0.05) is 0 Å². The summed E-state index contributed by atoms with van der Waals surface area (Å²) in [6.07, 6.45) is 0. The molecule has 0 heterocycles. The van der Waals surface area contributed by atoms with Crippen LogP contribution >= 0.6 is 0 Å². The number of hydrogen-bond acceptors (Lipinski definition) is 1. The van der Waals surface area contributed by atoms with Gasteiger partial charge in [0.05, 0.1) is 0 Å². The van der Waals surface area contributed by atoms with Crippen LogP contribution < -0.4 is 34.9 Å². The molecule has 0 amide bonds. The zero-order valence-corrected chi connectivity index (χ0v) is 5.91. The van der Waals surface area contributed by atoms with Crippen LogP contribution in [0.1, 0.15) is 0 Å². The standard InChI is InChI=1S/C3H8N.Na/c1-3-4-2;/h4H,1,3H2,2H3;/q-1;+1. The van der Waals surface area contributed by atoms with E-state index in [9.17, 15) is 0 Å². The Labute approximate surface area is 55.4 Å². The average molecular weight is 81.1 g/mol. The summed E-state index contributed by atoms with van der Waals surface area (Å²) < 4.78 is 0. The zero-order chi connectivity index (χ0) is 3.41. The Kier molecular flexibility index (Phi) is 16.6. The van der Waals surface area contributed by atoms with Crippen molar-refractivity contribution in [2.45, 2.75) is 0 Å². The molecule has 1 nitrogen and oxygen atoms in total. The van der Waals surface area contributed by atoms with Crippen LogP contribution in [0.3, 0.4) is 0 Å². The maximum Gasteiger partial charge on any atom is 1.00 e. The van der Waals surface area contributed by atoms with Crippen molar-refractivity contribution in [3.05, 3.63) is 6.92 Å². The van der Waals surface area contributed by atoms with E-state index in [0.29, 0.717) is 0 Å². The SMILES string of the molecule is [CH2-]CNC.[Na+]. The first-order valence-electron chi connectivity index (χ1n) is 1.35.